The number of ether oxygens (including phenoxy) is 2. The monoisotopic (exact) mass is 402 g/mol. The standard InChI is InChI=1S/C17H32O7S.Na/c1-3-5-7-9-13-21-16(18)12-11-15(25-24-23-20)17(19)22-14-10-8-6-4-2;/h15,20H,3-14H2,1-2H3;/q;+1/p-1. The number of hydrogen-bond donors (Lipinski definition) is 0. The smallest absolute Gasteiger partial charge is 0.691 e. The van der Waals surface area contributed by atoms with Gasteiger partial charge >= 0.3 is 41.5 Å². The summed E-state index contributed by atoms with van der Waals surface area (Å²) in [5.74, 6) is -0.893. The van der Waals surface area contributed by atoms with Gasteiger partial charge in [-0.3, -0.25) is 14.6 Å². The summed E-state index contributed by atoms with van der Waals surface area (Å²) >= 11 is 0.558. The van der Waals surface area contributed by atoms with Crippen molar-refractivity contribution >= 4 is 24.0 Å². The van der Waals surface area contributed by atoms with Gasteiger partial charge in [0.1, 0.15) is 5.25 Å². The Kier molecular flexibility index (Phi) is 23.4. The molecule has 0 aliphatic carbocycles. The quantitative estimate of drug-likeness (QED) is 0.0854. The van der Waals surface area contributed by atoms with Gasteiger partial charge in [0.2, 0.25) is 0 Å². The minimum atomic E-state index is -0.798. The van der Waals surface area contributed by atoms with Gasteiger partial charge in [-0.1, -0.05) is 52.4 Å². The third kappa shape index (κ3) is 17.6. The maximum Gasteiger partial charge on any atom is 1.00 e. The zero-order chi connectivity index (χ0) is 18.8. The number of esters is 2. The third-order valence-electron chi connectivity index (χ3n) is 3.56. The Labute approximate surface area is 183 Å². The van der Waals surface area contributed by atoms with Gasteiger partial charge in [0, 0.05) is 18.5 Å². The van der Waals surface area contributed by atoms with Gasteiger partial charge in [0.15, 0.2) is 0 Å². The maximum atomic E-state index is 12.0. The van der Waals surface area contributed by atoms with Crippen LogP contribution in [0.2, 0.25) is 0 Å². The summed E-state index contributed by atoms with van der Waals surface area (Å²) < 4.78 is 14.5. The van der Waals surface area contributed by atoms with Gasteiger partial charge in [-0.25, -0.2) is 0 Å². The molecule has 0 spiro atoms. The normalized spacial score (nSPS) is 11.5. The fourth-order valence-electron chi connectivity index (χ4n) is 2.10. The van der Waals surface area contributed by atoms with Crippen LogP contribution >= 0.6 is 12.0 Å². The average molecular weight is 402 g/mol. The summed E-state index contributed by atoms with van der Waals surface area (Å²) in [5.41, 5.74) is 0. The second-order valence-electron chi connectivity index (χ2n) is 5.77. The number of carbonyl (C=O) groups is 2. The Morgan fingerprint density at radius 1 is 0.923 bits per heavy atom. The van der Waals surface area contributed by atoms with Crippen LogP contribution in [0.3, 0.4) is 0 Å². The first-order chi connectivity index (χ1) is 12.2. The summed E-state index contributed by atoms with van der Waals surface area (Å²) in [4.78, 5) is 23.7. The van der Waals surface area contributed by atoms with Crippen molar-refractivity contribution in [3.8, 4) is 0 Å². The second kappa shape index (κ2) is 21.5. The molecule has 0 rings (SSSR count). The number of rotatable bonds is 17. The van der Waals surface area contributed by atoms with Crippen LogP contribution in [0.25, 0.3) is 0 Å². The molecule has 0 radical (unpaired) electrons. The molecule has 1 atom stereocenters. The molecule has 0 amide bonds. The van der Waals surface area contributed by atoms with E-state index < -0.39 is 11.2 Å². The first-order valence-electron chi connectivity index (χ1n) is 9.09. The molecule has 7 nitrogen and oxygen atoms in total. The largest absolute Gasteiger partial charge is 1.00 e. The Bertz CT molecular complexity index is 345. The van der Waals surface area contributed by atoms with Crippen LogP contribution in [-0.2, 0) is 28.4 Å². The van der Waals surface area contributed by atoms with Crippen molar-refractivity contribution in [3.63, 3.8) is 0 Å². The van der Waals surface area contributed by atoms with Gasteiger partial charge < -0.3 is 14.7 Å². The van der Waals surface area contributed by atoms with E-state index in [9.17, 15) is 14.8 Å². The Balaban J connectivity index is 0. The molecule has 148 valence electrons. The molecule has 0 fully saturated rings. The van der Waals surface area contributed by atoms with Crippen LogP contribution in [0.1, 0.15) is 78.1 Å². The number of carbonyl (C=O) groups excluding carboxylic acids is 2. The first-order valence-corrected chi connectivity index (χ1v) is 9.90. The van der Waals surface area contributed by atoms with Gasteiger partial charge in [0.25, 0.3) is 0 Å². The molecular weight excluding hydrogens is 371 g/mol. The third-order valence-corrected chi connectivity index (χ3v) is 4.35. The van der Waals surface area contributed by atoms with E-state index in [4.69, 9.17) is 9.47 Å². The SMILES string of the molecule is CCCCCCOC(=O)CCC(SOO[O-])C(=O)OCCCCCC.[Na+]. The van der Waals surface area contributed by atoms with E-state index in [1.165, 1.54) is 0 Å². The van der Waals surface area contributed by atoms with Crippen molar-refractivity contribution < 1.29 is 63.2 Å². The number of hydrogen-bond acceptors (Lipinski definition) is 8. The fraction of sp³-hybridized carbons (Fsp3) is 0.882. The van der Waals surface area contributed by atoms with Crippen molar-refractivity contribution in [2.75, 3.05) is 13.2 Å². The first kappa shape index (κ1) is 28.4. The molecule has 0 bridgehead atoms. The molecule has 0 heterocycles. The summed E-state index contributed by atoms with van der Waals surface area (Å²) in [6.45, 7) is 4.91. The summed E-state index contributed by atoms with van der Waals surface area (Å²) in [5, 5.41) is 12.4. The van der Waals surface area contributed by atoms with E-state index in [1.54, 1.807) is 0 Å². The molecule has 0 saturated heterocycles. The average Bonchev–Trinajstić information content (AvgIpc) is 2.61. The second-order valence-corrected chi connectivity index (χ2v) is 6.67. The van der Waals surface area contributed by atoms with Crippen LogP contribution in [0, 0.1) is 0 Å². The molecule has 0 aliphatic rings. The van der Waals surface area contributed by atoms with Gasteiger partial charge in [0.05, 0.1) is 13.2 Å². The topological polar surface area (TPSA) is 94.1 Å². The van der Waals surface area contributed by atoms with Crippen molar-refractivity contribution in [1.82, 2.24) is 0 Å². The summed E-state index contributed by atoms with van der Waals surface area (Å²) in [6.07, 6.45) is 8.29. The predicted octanol–water partition coefficient (Wildman–Crippen LogP) is 0.258. The zero-order valence-corrected chi connectivity index (χ0v) is 19.1. The van der Waals surface area contributed by atoms with Crippen LogP contribution in [-0.4, -0.2) is 30.4 Å². The molecule has 0 saturated carbocycles. The van der Waals surface area contributed by atoms with Gasteiger partial charge in [-0.15, -0.1) is 0 Å². The molecule has 26 heavy (non-hydrogen) atoms. The predicted molar refractivity (Wildman–Crippen MR) is 93.0 cm³/mol. The van der Waals surface area contributed by atoms with Crippen molar-refractivity contribution in [2.24, 2.45) is 0 Å². The molecule has 0 aliphatic heterocycles. The number of unbranched alkanes of at least 4 members (excludes halogenated alkanes) is 6. The van der Waals surface area contributed by atoms with Crippen LogP contribution in [0.15, 0.2) is 0 Å². The molecule has 0 aromatic heterocycles. The van der Waals surface area contributed by atoms with Crippen molar-refractivity contribution in [3.05, 3.63) is 0 Å². The molecule has 1 unspecified atom stereocenters. The molecule has 9 heteroatoms. The van der Waals surface area contributed by atoms with E-state index in [2.05, 4.69) is 23.2 Å². The molecule has 0 aromatic rings. The molecular formula is C17H31NaO7S. The molecule has 0 N–H and O–H groups in total. The van der Waals surface area contributed by atoms with E-state index >= 15 is 0 Å². The fourth-order valence-corrected chi connectivity index (χ4v) is 2.59. The minimum Gasteiger partial charge on any atom is -0.691 e. The molecule has 0 aromatic carbocycles. The van der Waals surface area contributed by atoms with Crippen LogP contribution in [0.5, 0.6) is 0 Å². The Morgan fingerprint density at radius 3 is 2.04 bits per heavy atom. The summed E-state index contributed by atoms with van der Waals surface area (Å²) in [7, 11) is 0. The van der Waals surface area contributed by atoms with Crippen molar-refractivity contribution in [1.29, 1.82) is 0 Å². The van der Waals surface area contributed by atoms with Crippen LogP contribution < -0.4 is 34.8 Å². The van der Waals surface area contributed by atoms with Gasteiger partial charge in [-0.2, -0.15) is 4.33 Å². The van der Waals surface area contributed by atoms with E-state index in [0.29, 0.717) is 25.3 Å². The zero-order valence-electron chi connectivity index (χ0n) is 16.3. The van der Waals surface area contributed by atoms with Crippen molar-refractivity contribution in [2.45, 2.75) is 83.3 Å². The van der Waals surface area contributed by atoms with Gasteiger partial charge in [-0.05, 0) is 19.3 Å². The minimum absolute atomic E-state index is 0. The maximum absolute atomic E-state index is 12.0. The van der Waals surface area contributed by atoms with Crippen LogP contribution in [0.4, 0.5) is 0 Å². The Hall–Kier alpha value is 0.170. The Morgan fingerprint density at radius 2 is 1.50 bits per heavy atom. The summed E-state index contributed by atoms with van der Waals surface area (Å²) in [6, 6.07) is 0. The van der Waals surface area contributed by atoms with E-state index in [1.807, 2.05) is 0 Å². The van der Waals surface area contributed by atoms with E-state index in [-0.39, 0.29) is 48.4 Å². The van der Waals surface area contributed by atoms with E-state index in [0.717, 1.165) is 51.4 Å².